The van der Waals surface area contributed by atoms with E-state index in [1.807, 2.05) is 0 Å². The largest absolute Gasteiger partial charge is 0.370 e. The van der Waals surface area contributed by atoms with Crippen LogP contribution in [0.4, 0.5) is 13.2 Å². The van der Waals surface area contributed by atoms with Gasteiger partial charge in [0.15, 0.2) is 11.6 Å². The van der Waals surface area contributed by atoms with Crippen molar-refractivity contribution in [3.05, 3.63) is 52.6 Å². The molecular formula is C21H25F3N4O3S. The van der Waals surface area contributed by atoms with E-state index in [1.165, 1.54) is 0 Å². The lowest BCUT2D eigenvalue weighted by Gasteiger charge is -2.38. The quantitative estimate of drug-likeness (QED) is 0.691. The molecule has 3 aliphatic rings. The molecule has 32 heavy (non-hydrogen) atoms. The second kappa shape index (κ2) is 8.12. The van der Waals surface area contributed by atoms with Crippen LogP contribution < -0.4 is 5.73 Å². The SMILES string of the molecule is N[C@H]1CC(N2Cc3cn(S(=O)(=O)C4CCCC4)nc3C2)COC1c1cc(F)c(F)cc1F. The zero-order valence-corrected chi connectivity index (χ0v) is 18.2. The van der Waals surface area contributed by atoms with Crippen LogP contribution in [0.3, 0.4) is 0 Å². The third kappa shape index (κ3) is 3.74. The van der Waals surface area contributed by atoms with Gasteiger partial charge in [0.1, 0.15) is 11.9 Å². The van der Waals surface area contributed by atoms with Gasteiger partial charge in [-0.3, -0.25) is 4.90 Å². The molecule has 2 aliphatic heterocycles. The molecule has 1 aromatic heterocycles. The Labute approximate surface area is 184 Å². The third-order valence-corrected chi connectivity index (χ3v) is 8.85. The number of hydrogen-bond acceptors (Lipinski definition) is 6. The van der Waals surface area contributed by atoms with Crippen molar-refractivity contribution in [2.75, 3.05) is 6.61 Å². The first kappa shape index (κ1) is 21.9. The minimum Gasteiger partial charge on any atom is -0.370 e. The zero-order chi connectivity index (χ0) is 22.6. The highest BCUT2D eigenvalue weighted by atomic mass is 32.2. The number of nitrogens with zero attached hydrogens (tertiary/aromatic N) is 3. The molecule has 3 atom stereocenters. The van der Waals surface area contributed by atoms with E-state index >= 15 is 0 Å². The molecule has 2 N–H and O–H groups in total. The zero-order valence-electron chi connectivity index (χ0n) is 17.4. The molecule has 174 valence electrons. The number of nitrogens with two attached hydrogens (primary N) is 1. The highest BCUT2D eigenvalue weighted by Crippen LogP contribution is 2.35. The van der Waals surface area contributed by atoms with Crippen LogP contribution in [-0.2, 0) is 27.8 Å². The lowest BCUT2D eigenvalue weighted by molar-refractivity contribution is -0.0533. The first-order valence-electron chi connectivity index (χ1n) is 10.8. The number of hydrogen-bond donors (Lipinski definition) is 1. The van der Waals surface area contributed by atoms with Crippen molar-refractivity contribution < 1.29 is 26.3 Å². The molecule has 0 bridgehead atoms. The Bertz CT molecular complexity index is 1110. The van der Waals surface area contributed by atoms with Gasteiger partial charge in [-0.05, 0) is 25.3 Å². The van der Waals surface area contributed by atoms with Crippen molar-refractivity contribution in [3.8, 4) is 0 Å². The predicted octanol–water partition coefficient (Wildman–Crippen LogP) is 2.59. The van der Waals surface area contributed by atoms with Gasteiger partial charge in [-0.25, -0.2) is 21.6 Å². The van der Waals surface area contributed by atoms with E-state index in [1.54, 1.807) is 6.20 Å². The van der Waals surface area contributed by atoms with Crippen LogP contribution in [0.5, 0.6) is 0 Å². The Morgan fingerprint density at radius 3 is 2.47 bits per heavy atom. The van der Waals surface area contributed by atoms with E-state index in [4.69, 9.17) is 10.5 Å². The molecule has 2 aromatic rings. The van der Waals surface area contributed by atoms with Gasteiger partial charge in [-0.15, -0.1) is 0 Å². The summed E-state index contributed by atoms with van der Waals surface area (Å²) in [6.07, 6.45) is 4.41. The normalized spacial score (nSPS) is 27.2. The number of ether oxygens (including phenoxy) is 1. The average molecular weight is 471 g/mol. The molecule has 2 unspecified atom stereocenters. The van der Waals surface area contributed by atoms with E-state index in [-0.39, 0.29) is 23.5 Å². The fraction of sp³-hybridized carbons (Fsp3) is 0.571. The van der Waals surface area contributed by atoms with Gasteiger partial charge in [-0.1, -0.05) is 12.8 Å². The van der Waals surface area contributed by atoms with Crippen LogP contribution in [0.15, 0.2) is 18.3 Å². The Morgan fingerprint density at radius 1 is 1.06 bits per heavy atom. The second-order valence-corrected chi connectivity index (χ2v) is 11.0. The Kier molecular flexibility index (Phi) is 5.55. The van der Waals surface area contributed by atoms with Crippen molar-refractivity contribution in [2.45, 2.75) is 68.6 Å². The number of fused-ring (bicyclic) bond motifs is 1. The van der Waals surface area contributed by atoms with Crippen molar-refractivity contribution >= 4 is 10.0 Å². The molecular weight excluding hydrogens is 445 g/mol. The summed E-state index contributed by atoms with van der Waals surface area (Å²) in [6, 6.07) is 0.617. The van der Waals surface area contributed by atoms with Crippen LogP contribution in [-0.4, -0.2) is 46.4 Å². The Balaban J connectivity index is 1.25. The molecule has 0 radical (unpaired) electrons. The third-order valence-electron chi connectivity index (χ3n) is 6.83. The van der Waals surface area contributed by atoms with Crippen LogP contribution >= 0.6 is 0 Å². The van der Waals surface area contributed by atoms with Crippen LogP contribution in [0.2, 0.25) is 0 Å². The number of rotatable bonds is 4. The van der Waals surface area contributed by atoms with Crippen LogP contribution in [0.25, 0.3) is 0 Å². The molecule has 5 rings (SSSR count). The summed E-state index contributed by atoms with van der Waals surface area (Å²) in [4.78, 5) is 2.10. The summed E-state index contributed by atoms with van der Waals surface area (Å²) in [5, 5.41) is 3.99. The van der Waals surface area contributed by atoms with Crippen molar-refractivity contribution in [1.29, 1.82) is 0 Å². The molecule has 1 saturated carbocycles. The fourth-order valence-electron chi connectivity index (χ4n) is 5.05. The van der Waals surface area contributed by atoms with Crippen molar-refractivity contribution in [1.82, 2.24) is 14.1 Å². The molecule has 1 aromatic carbocycles. The molecule has 0 spiro atoms. The van der Waals surface area contributed by atoms with Crippen LogP contribution in [0.1, 0.15) is 55.0 Å². The minimum atomic E-state index is -3.47. The summed E-state index contributed by atoms with van der Waals surface area (Å²) in [5.74, 6) is -3.29. The van der Waals surface area contributed by atoms with Gasteiger partial charge in [-0.2, -0.15) is 9.19 Å². The summed E-state index contributed by atoms with van der Waals surface area (Å²) >= 11 is 0. The molecule has 2 fully saturated rings. The van der Waals surface area contributed by atoms with Gasteiger partial charge in [0, 0.05) is 48.6 Å². The first-order valence-corrected chi connectivity index (χ1v) is 12.3. The molecule has 1 aliphatic carbocycles. The van der Waals surface area contributed by atoms with Gasteiger partial charge in [0.05, 0.1) is 17.6 Å². The van der Waals surface area contributed by atoms with Gasteiger partial charge < -0.3 is 10.5 Å². The summed E-state index contributed by atoms with van der Waals surface area (Å²) in [7, 11) is -3.47. The van der Waals surface area contributed by atoms with E-state index in [0.717, 1.165) is 28.6 Å². The van der Waals surface area contributed by atoms with Crippen molar-refractivity contribution in [2.24, 2.45) is 5.73 Å². The molecule has 0 amide bonds. The van der Waals surface area contributed by atoms with E-state index in [0.29, 0.717) is 44.1 Å². The Morgan fingerprint density at radius 2 is 1.78 bits per heavy atom. The van der Waals surface area contributed by atoms with Gasteiger partial charge >= 0.3 is 0 Å². The number of halogens is 3. The molecule has 1 saturated heterocycles. The average Bonchev–Trinajstić information content (AvgIpc) is 3.47. The highest BCUT2D eigenvalue weighted by Gasteiger charge is 2.38. The lowest BCUT2D eigenvalue weighted by atomic mass is 9.93. The van der Waals surface area contributed by atoms with E-state index < -0.39 is 39.6 Å². The van der Waals surface area contributed by atoms with E-state index in [2.05, 4.69) is 10.00 Å². The Hall–Kier alpha value is -1.95. The first-order chi connectivity index (χ1) is 15.2. The van der Waals surface area contributed by atoms with Crippen molar-refractivity contribution in [3.63, 3.8) is 0 Å². The predicted molar refractivity (Wildman–Crippen MR) is 109 cm³/mol. The standard InChI is InChI=1S/C21H25F3N4O3S/c22-16-7-18(24)17(23)6-15(16)21-19(25)5-13(11-31-21)27-8-12-9-28(26-20(12)10-27)32(29,30)14-3-1-2-4-14/h6-7,9,13-14,19,21H,1-5,8,10-11,25H2/t13?,19-,21?/m0/s1. The van der Waals surface area contributed by atoms with Gasteiger partial charge in [0.2, 0.25) is 0 Å². The number of benzene rings is 1. The fourth-order valence-corrected chi connectivity index (χ4v) is 6.78. The van der Waals surface area contributed by atoms with Gasteiger partial charge in [0.25, 0.3) is 10.0 Å². The molecule has 3 heterocycles. The maximum absolute atomic E-state index is 14.2. The molecule has 7 nitrogen and oxygen atoms in total. The smallest absolute Gasteiger partial charge is 0.256 e. The summed E-state index contributed by atoms with van der Waals surface area (Å²) in [5.41, 5.74) is 7.71. The highest BCUT2D eigenvalue weighted by molar-refractivity contribution is 7.90. The maximum atomic E-state index is 14.2. The summed E-state index contributed by atoms with van der Waals surface area (Å²) < 4.78 is 73.5. The van der Waals surface area contributed by atoms with E-state index in [9.17, 15) is 21.6 Å². The summed E-state index contributed by atoms with van der Waals surface area (Å²) in [6.45, 7) is 1.22. The maximum Gasteiger partial charge on any atom is 0.256 e. The van der Waals surface area contributed by atoms with Crippen LogP contribution in [0, 0.1) is 17.5 Å². The topological polar surface area (TPSA) is 90.5 Å². The second-order valence-electron chi connectivity index (χ2n) is 8.93. The lowest BCUT2D eigenvalue weighted by Crippen LogP contribution is -2.47. The molecule has 11 heteroatoms. The minimum absolute atomic E-state index is 0.0799. The number of aromatic nitrogens is 2. The monoisotopic (exact) mass is 470 g/mol.